The van der Waals surface area contributed by atoms with Gasteiger partial charge in [0.25, 0.3) is 0 Å². The van der Waals surface area contributed by atoms with Crippen LogP contribution in [0.15, 0.2) is 46.9 Å². The van der Waals surface area contributed by atoms with Gasteiger partial charge in [0.2, 0.25) is 0 Å². The van der Waals surface area contributed by atoms with Gasteiger partial charge >= 0.3 is 0 Å². The molecule has 3 rings (SSSR count). The van der Waals surface area contributed by atoms with E-state index in [2.05, 4.69) is 32.0 Å². The third-order valence-corrected chi connectivity index (χ3v) is 3.87. The molecule has 19 heavy (non-hydrogen) atoms. The topological polar surface area (TPSA) is 13.1 Å². The van der Waals surface area contributed by atoms with Crippen LogP contribution in [0.5, 0.6) is 0 Å². The Morgan fingerprint density at radius 1 is 1.00 bits per heavy atom. The SMILES string of the molecule is CC(C)CC(Cl)c1ccc2oc3ccccc3c2c1. The summed E-state index contributed by atoms with van der Waals surface area (Å²) in [7, 11) is 0. The molecule has 0 aliphatic rings. The molecule has 2 aromatic carbocycles. The van der Waals surface area contributed by atoms with Crippen LogP contribution in [0.25, 0.3) is 21.9 Å². The zero-order valence-corrected chi connectivity index (χ0v) is 11.9. The quantitative estimate of drug-likeness (QED) is 0.540. The summed E-state index contributed by atoms with van der Waals surface area (Å²) < 4.78 is 5.83. The fourth-order valence-corrected chi connectivity index (χ4v) is 2.98. The number of para-hydroxylation sites is 1. The van der Waals surface area contributed by atoms with E-state index in [1.165, 1.54) is 5.56 Å². The van der Waals surface area contributed by atoms with Crippen molar-refractivity contribution in [2.24, 2.45) is 5.92 Å². The third kappa shape index (κ3) is 2.35. The maximum atomic E-state index is 6.49. The second-order valence-corrected chi connectivity index (χ2v) is 5.98. The van der Waals surface area contributed by atoms with Crippen LogP contribution in [-0.4, -0.2) is 0 Å². The first kappa shape index (κ1) is 12.6. The molecule has 0 spiro atoms. The van der Waals surface area contributed by atoms with Crippen LogP contribution in [0.1, 0.15) is 31.2 Å². The number of benzene rings is 2. The van der Waals surface area contributed by atoms with Gasteiger partial charge in [0.1, 0.15) is 11.2 Å². The monoisotopic (exact) mass is 272 g/mol. The van der Waals surface area contributed by atoms with Gasteiger partial charge in [0.15, 0.2) is 0 Å². The second-order valence-electron chi connectivity index (χ2n) is 5.45. The Balaban J connectivity index is 2.11. The summed E-state index contributed by atoms with van der Waals surface area (Å²) in [5.74, 6) is 0.597. The Morgan fingerprint density at radius 3 is 2.53 bits per heavy atom. The van der Waals surface area contributed by atoms with E-state index in [0.29, 0.717) is 5.92 Å². The first-order chi connectivity index (χ1) is 9.15. The second kappa shape index (κ2) is 4.90. The van der Waals surface area contributed by atoms with Crippen LogP contribution in [-0.2, 0) is 0 Å². The Bertz CT molecular complexity index is 711. The van der Waals surface area contributed by atoms with Crippen LogP contribution in [0.3, 0.4) is 0 Å². The van der Waals surface area contributed by atoms with Crippen molar-refractivity contribution in [2.75, 3.05) is 0 Å². The van der Waals surface area contributed by atoms with Crippen molar-refractivity contribution in [3.05, 3.63) is 48.0 Å². The molecule has 0 aliphatic carbocycles. The number of halogens is 1. The van der Waals surface area contributed by atoms with E-state index < -0.39 is 0 Å². The summed E-state index contributed by atoms with van der Waals surface area (Å²) in [5, 5.41) is 2.38. The van der Waals surface area contributed by atoms with E-state index in [0.717, 1.165) is 28.4 Å². The molecule has 2 heteroatoms. The predicted octanol–water partition coefficient (Wildman–Crippen LogP) is 5.91. The van der Waals surface area contributed by atoms with Crippen LogP contribution < -0.4 is 0 Å². The molecule has 0 amide bonds. The first-order valence-corrected chi connectivity index (χ1v) is 7.14. The number of hydrogen-bond donors (Lipinski definition) is 0. The van der Waals surface area contributed by atoms with E-state index in [9.17, 15) is 0 Å². The van der Waals surface area contributed by atoms with Crippen LogP contribution in [0.2, 0.25) is 0 Å². The molecule has 3 aromatic rings. The van der Waals surface area contributed by atoms with Crippen LogP contribution >= 0.6 is 11.6 Å². The molecule has 1 nitrogen and oxygen atoms in total. The van der Waals surface area contributed by atoms with Gasteiger partial charge in [-0.15, -0.1) is 11.6 Å². The lowest BCUT2D eigenvalue weighted by molar-refractivity contribution is 0.575. The number of hydrogen-bond acceptors (Lipinski definition) is 1. The molecular formula is C17H17ClO. The lowest BCUT2D eigenvalue weighted by Gasteiger charge is -2.12. The first-order valence-electron chi connectivity index (χ1n) is 6.70. The molecule has 0 N–H and O–H groups in total. The molecule has 1 unspecified atom stereocenters. The largest absolute Gasteiger partial charge is 0.456 e. The number of rotatable bonds is 3. The van der Waals surface area contributed by atoms with Gasteiger partial charge in [-0.2, -0.15) is 0 Å². The van der Waals surface area contributed by atoms with E-state index in [1.54, 1.807) is 0 Å². The normalized spacial score (nSPS) is 13.5. The molecule has 1 aromatic heterocycles. The average Bonchev–Trinajstić information content (AvgIpc) is 2.75. The summed E-state index contributed by atoms with van der Waals surface area (Å²) in [5.41, 5.74) is 3.04. The van der Waals surface area contributed by atoms with Crippen molar-refractivity contribution in [2.45, 2.75) is 25.6 Å². The van der Waals surface area contributed by atoms with Crippen LogP contribution in [0.4, 0.5) is 0 Å². The summed E-state index contributed by atoms with van der Waals surface area (Å²) in [6.07, 6.45) is 0.989. The minimum absolute atomic E-state index is 0.0677. The predicted molar refractivity (Wildman–Crippen MR) is 81.8 cm³/mol. The van der Waals surface area contributed by atoms with Gasteiger partial charge in [-0.05, 0) is 36.1 Å². The van der Waals surface area contributed by atoms with E-state index in [-0.39, 0.29) is 5.38 Å². The molecular weight excluding hydrogens is 256 g/mol. The molecule has 0 radical (unpaired) electrons. The van der Waals surface area contributed by atoms with Gasteiger partial charge in [0, 0.05) is 10.8 Å². The minimum atomic E-state index is 0.0677. The Kier molecular flexibility index (Phi) is 3.24. The van der Waals surface area contributed by atoms with Gasteiger partial charge in [-0.3, -0.25) is 0 Å². The molecule has 98 valence electrons. The van der Waals surface area contributed by atoms with Gasteiger partial charge in [0.05, 0.1) is 5.38 Å². The minimum Gasteiger partial charge on any atom is -0.456 e. The van der Waals surface area contributed by atoms with E-state index in [1.807, 2.05) is 24.3 Å². The lowest BCUT2D eigenvalue weighted by Crippen LogP contribution is -1.96. The standard InChI is InChI=1S/C17H17ClO/c1-11(2)9-15(18)12-7-8-17-14(10-12)13-5-3-4-6-16(13)19-17/h3-8,10-11,15H,9H2,1-2H3. The zero-order chi connectivity index (χ0) is 13.4. The van der Waals surface area contributed by atoms with Crippen molar-refractivity contribution in [3.63, 3.8) is 0 Å². The van der Waals surface area contributed by atoms with Crippen molar-refractivity contribution in [3.8, 4) is 0 Å². The van der Waals surface area contributed by atoms with Gasteiger partial charge < -0.3 is 4.42 Å². The zero-order valence-electron chi connectivity index (χ0n) is 11.2. The van der Waals surface area contributed by atoms with Crippen molar-refractivity contribution in [1.82, 2.24) is 0 Å². The van der Waals surface area contributed by atoms with Gasteiger partial charge in [-0.1, -0.05) is 38.1 Å². The summed E-state index contributed by atoms with van der Waals surface area (Å²) in [6, 6.07) is 14.4. The molecule has 0 bridgehead atoms. The summed E-state index contributed by atoms with van der Waals surface area (Å²) in [4.78, 5) is 0. The maximum absolute atomic E-state index is 6.49. The highest BCUT2D eigenvalue weighted by Gasteiger charge is 2.13. The lowest BCUT2D eigenvalue weighted by atomic mass is 10.0. The molecule has 1 atom stereocenters. The summed E-state index contributed by atoms with van der Waals surface area (Å²) in [6.45, 7) is 4.39. The third-order valence-electron chi connectivity index (χ3n) is 3.44. The molecule has 0 aliphatic heterocycles. The summed E-state index contributed by atoms with van der Waals surface area (Å²) >= 11 is 6.49. The molecule has 0 saturated heterocycles. The maximum Gasteiger partial charge on any atom is 0.135 e. The van der Waals surface area contributed by atoms with Crippen molar-refractivity contribution >= 4 is 33.5 Å². The van der Waals surface area contributed by atoms with E-state index in [4.69, 9.17) is 16.0 Å². The average molecular weight is 273 g/mol. The number of fused-ring (bicyclic) bond motifs is 3. The van der Waals surface area contributed by atoms with Gasteiger partial charge in [-0.25, -0.2) is 0 Å². The highest BCUT2D eigenvalue weighted by molar-refractivity contribution is 6.21. The Hall–Kier alpha value is -1.47. The fraction of sp³-hybridized carbons (Fsp3) is 0.294. The Morgan fingerprint density at radius 2 is 1.74 bits per heavy atom. The van der Waals surface area contributed by atoms with Crippen LogP contribution in [0, 0.1) is 5.92 Å². The Labute approximate surface area is 118 Å². The highest BCUT2D eigenvalue weighted by atomic mass is 35.5. The van der Waals surface area contributed by atoms with Crippen molar-refractivity contribution < 1.29 is 4.42 Å². The molecule has 1 heterocycles. The fourth-order valence-electron chi connectivity index (χ4n) is 2.49. The highest BCUT2D eigenvalue weighted by Crippen LogP contribution is 2.34. The number of furan rings is 1. The molecule has 0 fully saturated rings. The number of alkyl halides is 1. The molecule has 0 saturated carbocycles. The van der Waals surface area contributed by atoms with Crippen molar-refractivity contribution in [1.29, 1.82) is 0 Å². The smallest absolute Gasteiger partial charge is 0.135 e. The van der Waals surface area contributed by atoms with E-state index >= 15 is 0 Å².